The number of nitrogens with one attached hydrogen (secondary N) is 1. The van der Waals surface area contributed by atoms with Gasteiger partial charge in [-0.25, -0.2) is 4.79 Å². The number of anilines is 1. The van der Waals surface area contributed by atoms with Crippen molar-refractivity contribution < 1.29 is 14.3 Å². The van der Waals surface area contributed by atoms with Crippen molar-refractivity contribution >= 4 is 17.7 Å². The highest BCUT2D eigenvalue weighted by molar-refractivity contribution is 5.89. The van der Waals surface area contributed by atoms with E-state index in [-0.39, 0.29) is 18.1 Å². The van der Waals surface area contributed by atoms with Crippen LogP contribution >= 0.6 is 0 Å². The largest absolute Gasteiger partial charge is 0.444 e. The fraction of sp³-hybridized carbons (Fsp3) is 0.500. The number of hydrogen-bond acceptors (Lipinski definition) is 3. The Morgan fingerprint density at radius 3 is 2.76 bits per heavy atom. The molecule has 0 aliphatic carbocycles. The summed E-state index contributed by atoms with van der Waals surface area (Å²) in [7, 11) is 0. The Morgan fingerprint density at radius 2 is 2.10 bits per heavy atom. The normalized spacial score (nSPS) is 18.0. The van der Waals surface area contributed by atoms with Crippen LogP contribution in [-0.2, 0) is 9.53 Å². The monoisotopic (exact) mass is 290 g/mol. The van der Waals surface area contributed by atoms with Gasteiger partial charge < -0.3 is 10.1 Å². The predicted octanol–water partition coefficient (Wildman–Crippen LogP) is 2.56. The van der Waals surface area contributed by atoms with Crippen molar-refractivity contribution in [2.45, 2.75) is 32.8 Å². The quantitative estimate of drug-likeness (QED) is 0.876. The molecule has 1 aromatic rings. The predicted molar refractivity (Wildman–Crippen MR) is 81.1 cm³/mol. The molecule has 1 N–H and O–H groups in total. The molecule has 114 valence electrons. The van der Waals surface area contributed by atoms with Crippen LogP contribution in [0.5, 0.6) is 0 Å². The molecule has 1 fully saturated rings. The number of para-hydroxylation sites is 1. The van der Waals surface area contributed by atoms with E-state index < -0.39 is 0 Å². The van der Waals surface area contributed by atoms with Crippen molar-refractivity contribution in [2.24, 2.45) is 5.92 Å². The number of amides is 2. The molecule has 1 saturated heterocycles. The number of cyclic esters (lactones) is 1. The summed E-state index contributed by atoms with van der Waals surface area (Å²) < 4.78 is 5.33. The molecule has 0 saturated carbocycles. The van der Waals surface area contributed by atoms with Gasteiger partial charge in [0.05, 0.1) is 6.54 Å². The Kier molecular flexibility index (Phi) is 5.20. The van der Waals surface area contributed by atoms with Crippen LogP contribution in [0.25, 0.3) is 0 Å². The number of carbonyl (C=O) groups is 2. The molecule has 0 aromatic heterocycles. The van der Waals surface area contributed by atoms with Crippen molar-refractivity contribution in [3.8, 4) is 0 Å². The number of carbonyl (C=O) groups excluding carboxylic acids is 2. The number of rotatable bonds is 6. The molecule has 1 heterocycles. The van der Waals surface area contributed by atoms with Crippen molar-refractivity contribution in [2.75, 3.05) is 18.0 Å². The molecule has 0 bridgehead atoms. The summed E-state index contributed by atoms with van der Waals surface area (Å²) in [5, 5.41) is 2.86. The second kappa shape index (κ2) is 7.11. The first-order valence-electron chi connectivity index (χ1n) is 7.36. The molecule has 0 radical (unpaired) electrons. The molecular formula is C16H22N2O3. The molecule has 1 aliphatic rings. The Labute approximate surface area is 125 Å². The fourth-order valence-corrected chi connectivity index (χ4v) is 2.31. The summed E-state index contributed by atoms with van der Waals surface area (Å²) in [5.74, 6) is 0.400. The molecule has 2 rings (SSSR count). The molecule has 21 heavy (non-hydrogen) atoms. The highest BCUT2D eigenvalue weighted by Crippen LogP contribution is 2.22. The van der Waals surface area contributed by atoms with Crippen LogP contribution in [0.2, 0.25) is 0 Å². The lowest BCUT2D eigenvalue weighted by atomic mass is 10.1. The van der Waals surface area contributed by atoms with E-state index in [1.54, 1.807) is 4.90 Å². The lowest BCUT2D eigenvalue weighted by molar-refractivity contribution is -0.121. The first-order chi connectivity index (χ1) is 10.1. The van der Waals surface area contributed by atoms with E-state index in [0.717, 1.165) is 5.69 Å². The maximum absolute atomic E-state index is 11.8. The summed E-state index contributed by atoms with van der Waals surface area (Å²) >= 11 is 0. The number of nitrogens with zero attached hydrogens (tertiary/aromatic N) is 1. The van der Waals surface area contributed by atoms with Crippen molar-refractivity contribution in [3.05, 3.63) is 30.3 Å². The van der Waals surface area contributed by atoms with Crippen molar-refractivity contribution in [3.63, 3.8) is 0 Å². The standard InChI is InChI=1S/C16H22N2O3/c1-12(2)10-15(19)17-9-8-14-11-18(16(20)21-14)13-6-4-3-5-7-13/h3-7,12,14H,8-11H2,1-2H3,(H,17,19). The van der Waals surface area contributed by atoms with Gasteiger partial charge >= 0.3 is 6.09 Å². The Bertz CT molecular complexity index is 488. The van der Waals surface area contributed by atoms with Crippen LogP contribution in [0, 0.1) is 5.92 Å². The van der Waals surface area contributed by atoms with E-state index in [1.807, 2.05) is 44.2 Å². The van der Waals surface area contributed by atoms with Crippen LogP contribution < -0.4 is 10.2 Å². The SMILES string of the molecule is CC(C)CC(=O)NCCC1CN(c2ccccc2)C(=O)O1. The molecular weight excluding hydrogens is 268 g/mol. The molecule has 2 amide bonds. The van der Waals surface area contributed by atoms with Crippen LogP contribution in [-0.4, -0.2) is 31.2 Å². The summed E-state index contributed by atoms with van der Waals surface area (Å²) in [6.07, 6.45) is 0.677. The lowest BCUT2D eigenvalue weighted by Gasteiger charge is -2.12. The minimum Gasteiger partial charge on any atom is -0.444 e. The van der Waals surface area contributed by atoms with E-state index in [9.17, 15) is 9.59 Å². The topological polar surface area (TPSA) is 58.6 Å². The molecule has 5 heteroatoms. The van der Waals surface area contributed by atoms with E-state index in [0.29, 0.717) is 31.8 Å². The summed E-state index contributed by atoms with van der Waals surface area (Å²) in [5.41, 5.74) is 0.842. The highest BCUT2D eigenvalue weighted by atomic mass is 16.6. The summed E-state index contributed by atoms with van der Waals surface area (Å²) in [6.45, 7) is 5.08. The zero-order valence-electron chi connectivity index (χ0n) is 12.5. The van der Waals surface area contributed by atoms with E-state index in [2.05, 4.69) is 5.32 Å². The second-order valence-corrected chi connectivity index (χ2v) is 5.69. The third-order valence-electron chi connectivity index (χ3n) is 3.32. The van der Waals surface area contributed by atoms with Gasteiger partial charge in [0, 0.05) is 25.1 Å². The molecule has 1 unspecified atom stereocenters. The van der Waals surface area contributed by atoms with Crippen LogP contribution in [0.4, 0.5) is 10.5 Å². The Balaban J connectivity index is 1.77. The summed E-state index contributed by atoms with van der Waals surface area (Å²) in [4.78, 5) is 25.0. The summed E-state index contributed by atoms with van der Waals surface area (Å²) in [6, 6.07) is 9.46. The van der Waals surface area contributed by atoms with Gasteiger partial charge in [0.15, 0.2) is 0 Å². The van der Waals surface area contributed by atoms with Crippen LogP contribution in [0.3, 0.4) is 0 Å². The zero-order chi connectivity index (χ0) is 15.2. The maximum Gasteiger partial charge on any atom is 0.414 e. The van der Waals surface area contributed by atoms with Gasteiger partial charge in [-0.3, -0.25) is 9.69 Å². The Hall–Kier alpha value is -2.04. The fourth-order valence-electron chi connectivity index (χ4n) is 2.31. The second-order valence-electron chi connectivity index (χ2n) is 5.69. The molecule has 1 atom stereocenters. The number of ether oxygens (including phenoxy) is 1. The highest BCUT2D eigenvalue weighted by Gasteiger charge is 2.31. The Morgan fingerprint density at radius 1 is 1.38 bits per heavy atom. The molecule has 1 aliphatic heterocycles. The van der Waals surface area contributed by atoms with Gasteiger partial charge in [-0.2, -0.15) is 0 Å². The minimum absolute atomic E-state index is 0.0502. The number of hydrogen-bond donors (Lipinski definition) is 1. The third-order valence-corrected chi connectivity index (χ3v) is 3.32. The van der Waals surface area contributed by atoms with Gasteiger partial charge in [-0.15, -0.1) is 0 Å². The first-order valence-corrected chi connectivity index (χ1v) is 7.36. The van der Waals surface area contributed by atoms with Crippen LogP contribution in [0.15, 0.2) is 30.3 Å². The van der Waals surface area contributed by atoms with Gasteiger partial charge in [-0.05, 0) is 18.1 Å². The maximum atomic E-state index is 11.8. The van der Waals surface area contributed by atoms with E-state index in [4.69, 9.17) is 4.74 Å². The van der Waals surface area contributed by atoms with Gasteiger partial charge in [0.1, 0.15) is 6.10 Å². The lowest BCUT2D eigenvalue weighted by Crippen LogP contribution is -2.29. The van der Waals surface area contributed by atoms with E-state index in [1.165, 1.54) is 0 Å². The smallest absolute Gasteiger partial charge is 0.414 e. The number of benzene rings is 1. The minimum atomic E-state index is -0.320. The van der Waals surface area contributed by atoms with Gasteiger partial charge in [0.25, 0.3) is 0 Å². The first kappa shape index (κ1) is 15.4. The molecule has 0 spiro atoms. The average Bonchev–Trinajstić information content (AvgIpc) is 2.80. The average molecular weight is 290 g/mol. The van der Waals surface area contributed by atoms with Crippen LogP contribution in [0.1, 0.15) is 26.7 Å². The van der Waals surface area contributed by atoms with Crippen molar-refractivity contribution in [1.29, 1.82) is 0 Å². The van der Waals surface area contributed by atoms with E-state index >= 15 is 0 Å². The zero-order valence-corrected chi connectivity index (χ0v) is 12.5. The molecule has 1 aromatic carbocycles. The van der Waals surface area contributed by atoms with Gasteiger partial charge in [0.2, 0.25) is 5.91 Å². The van der Waals surface area contributed by atoms with Crippen molar-refractivity contribution in [1.82, 2.24) is 5.32 Å². The molecule has 5 nitrogen and oxygen atoms in total. The third kappa shape index (κ3) is 4.48. The van der Waals surface area contributed by atoms with Gasteiger partial charge in [-0.1, -0.05) is 32.0 Å².